The molecule has 0 aromatic heterocycles. The summed E-state index contributed by atoms with van der Waals surface area (Å²) in [4.78, 5) is 13.5. The molecule has 2 unspecified atom stereocenters. The summed E-state index contributed by atoms with van der Waals surface area (Å²) < 4.78 is 44.0. The van der Waals surface area contributed by atoms with Gasteiger partial charge in [-0.2, -0.15) is 13.2 Å². The Bertz CT molecular complexity index is 805. The van der Waals surface area contributed by atoms with Crippen LogP contribution in [0.4, 0.5) is 13.2 Å². The van der Waals surface area contributed by atoms with E-state index in [-0.39, 0.29) is 0 Å². The third-order valence-electron chi connectivity index (χ3n) is 4.87. The van der Waals surface area contributed by atoms with Crippen LogP contribution in [-0.4, -0.2) is 35.7 Å². The molecule has 1 fully saturated rings. The van der Waals surface area contributed by atoms with Gasteiger partial charge < -0.3 is 9.84 Å². The van der Waals surface area contributed by atoms with Crippen molar-refractivity contribution in [2.75, 3.05) is 13.7 Å². The normalized spacial score (nSPS) is 19.0. The fourth-order valence-electron chi connectivity index (χ4n) is 3.60. The number of rotatable bonds is 5. The number of carbonyl (C=O) groups is 1. The lowest BCUT2D eigenvalue weighted by Gasteiger charge is -2.32. The lowest BCUT2D eigenvalue weighted by molar-refractivity contribution is -0.142. The molecule has 1 saturated heterocycles. The lowest BCUT2D eigenvalue weighted by atomic mass is 9.95. The summed E-state index contributed by atoms with van der Waals surface area (Å²) in [6, 6.07) is 11.0. The Kier molecular flexibility index (Phi) is 5.41. The molecule has 0 saturated carbocycles. The van der Waals surface area contributed by atoms with Crippen LogP contribution in [0.15, 0.2) is 48.5 Å². The zero-order valence-corrected chi connectivity index (χ0v) is 14.7. The summed E-state index contributed by atoms with van der Waals surface area (Å²) >= 11 is 0. The van der Waals surface area contributed by atoms with Gasteiger partial charge in [-0.05, 0) is 48.2 Å². The van der Waals surface area contributed by atoms with Crippen molar-refractivity contribution < 1.29 is 27.8 Å². The summed E-state index contributed by atoms with van der Waals surface area (Å²) in [7, 11) is 1.53. The van der Waals surface area contributed by atoms with Gasteiger partial charge in [-0.25, -0.2) is 0 Å². The van der Waals surface area contributed by atoms with E-state index in [2.05, 4.69) is 0 Å². The van der Waals surface area contributed by atoms with Crippen LogP contribution in [0.3, 0.4) is 0 Å². The number of hydrogen-bond acceptors (Lipinski definition) is 3. The SMILES string of the molecule is COc1cccc(C(c2ccc(C(F)(F)F)cc2)N2CCCC2C(=O)O)c1. The average molecular weight is 379 g/mol. The number of likely N-dealkylation sites (tertiary alicyclic amines) is 1. The topological polar surface area (TPSA) is 49.8 Å². The smallest absolute Gasteiger partial charge is 0.416 e. The molecule has 4 nitrogen and oxygen atoms in total. The van der Waals surface area contributed by atoms with Gasteiger partial charge in [0.05, 0.1) is 18.7 Å². The van der Waals surface area contributed by atoms with Gasteiger partial charge in [-0.15, -0.1) is 0 Å². The van der Waals surface area contributed by atoms with E-state index in [0.717, 1.165) is 24.1 Å². The summed E-state index contributed by atoms with van der Waals surface area (Å²) in [5.41, 5.74) is 0.665. The fraction of sp³-hybridized carbons (Fsp3) is 0.350. The molecule has 2 aromatic carbocycles. The minimum absolute atomic E-state index is 0.467. The Balaban J connectivity index is 2.05. The van der Waals surface area contributed by atoms with Crippen molar-refractivity contribution in [1.82, 2.24) is 4.90 Å². The highest BCUT2D eigenvalue weighted by Gasteiger charge is 2.37. The molecule has 1 aliphatic heterocycles. The van der Waals surface area contributed by atoms with E-state index < -0.39 is 29.8 Å². The highest BCUT2D eigenvalue weighted by Crippen LogP contribution is 2.37. The molecule has 3 rings (SSSR count). The predicted molar refractivity (Wildman–Crippen MR) is 93.6 cm³/mol. The van der Waals surface area contributed by atoms with Crippen molar-refractivity contribution in [2.24, 2.45) is 0 Å². The van der Waals surface area contributed by atoms with Gasteiger partial charge in [0.2, 0.25) is 0 Å². The Morgan fingerprint density at radius 3 is 2.48 bits per heavy atom. The molecule has 2 aromatic rings. The van der Waals surface area contributed by atoms with Crippen LogP contribution in [-0.2, 0) is 11.0 Å². The van der Waals surface area contributed by atoms with Gasteiger partial charge in [-0.1, -0.05) is 24.3 Å². The second-order valence-corrected chi connectivity index (χ2v) is 6.53. The van der Waals surface area contributed by atoms with Crippen molar-refractivity contribution in [1.29, 1.82) is 0 Å². The number of aliphatic carboxylic acids is 1. The number of carboxylic acids is 1. The first-order chi connectivity index (χ1) is 12.8. The lowest BCUT2D eigenvalue weighted by Crippen LogP contribution is -2.39. The Morgan fingerprint density at radius 1 is 1.19 bits per heavy atom. The predicted octanol–water partition coefficient (Wildman–Crippen LogP) is 4.35. The summed E-state index contributed by atoms with van der Waals surface area (Å²) in [6.07, 6.45) is -3.18. The summed E-state index contributed by atoms with van der Waals surface area (Å²) in [5, 5.41) is 9.56. The fourth-order valence-corrected chi connectivity index (χ4v) is 3.60. The van der Waals surface area contributed by atoms with E-state index in [0.29, 0.717) is 24.3 Å². The third-order valence-corrected chi connectivity index (χ3v) is 4.87. The second-order valence-electron chi connectivity index (χ2n) is 6.53. The van der Waals surface area contributed by atoms with Crippen molar-refractivity contribution >= 4 is 5.97 Å². The maximum atomic E-state index is 12.9. The highest BCUT2D eigenvalue weighted by molar-refractivity contribution is 5.74. The molecule has 0 spiro atoms. The van der Waals surface area contributed by atoms with Gasteiger partial charge in [0, 0.05) is 6.54 Å². The van der Waals surface area contributed by atoms with Gasteiger partial charge >= 0.3 is 12.1 Å². The number of methoxy groups -OCH3 is 1. The number of nitrogens with zero attached hydrogens (tertiary/aromatic N) is 1. The van der Waals surface area contributed by atoms with Crippen molar-refractivity contribution in [3.8, 4) is 5.75 Å². The van der Waals surface area contributed by atoms with Gasteiger partial charge in [0.25, 0.3) is 0 Å². The number of benzene rings is 2. The first-order valence-corrected chi connectivity index (χ1v) is 8.61. The summed E-state index contributed by atoms with van der Waals surface area (Å²) in [5.74, 6) is -0.317. The van der Waals surface area contributed by atoms with Crippen molar-refractivity contribution in [2.45, 2.75) is 31.1 Å². The van der Waals surface area contributed by atoms with E-state index in [1.54, 1.807) is 18.2 Å². The van der Waals surface area contributed by atoms with Crippen LogP contribution < -0.4 is 4.74 Å². The van der Waals surface area contributed by atoms with Crippen LogP contribution in [0.25, 0.3) is 0 Å². The van der Waals surface area contributed by atoms with Crippen molar-refractivity contribution in [3.63, 3.8) is 0 Å². The van der Waals surface area contributed by atoms with Crippen LogP contribution in [0, 0.1) is 0 Å². The van der Waals surface area contributed by atoms with Crippen LogP contribution in [0.5, 0.6) is 5.75 Å². The molecule has 7 heteroatoms. The maximum absolute atomic E-state index is 12.9. The van der Waals surface area contributed by atoms with Crippen molar-refractivity contribution in [3.05, 3.63) is 65.2 Å². The molecule has 0 aliphatic carbocycles. The van der Waals surface area contributed by atoms with E-state index in [1.165, 1.54) is 19.2 Å². The minimum Gasteiger partial charge on any atom is -0.497 e. The zero-order valence-electron chi connectivity index (χ0n) is 14.7. The number of carboxylic acid groups (broad SMARTS) is 1. The van der Waals surface area contributed by atoms with Gasteiger partial charge in [0.1, 0.15) is 11.8 Å². The molecule has 1 N–H and O–H groups in total. The van der Waals surface area contributed by atoms with E-state index in [1.807, 2.05) is 11.0 Å². The Hall–Kier alpha value is -2.54. The monoisotopic (exact) mass is 379 g/mol. The zero-order chi connectivity index (χ0) is 19.6. The van der Waals surface area contributed by atoms with E-state index >= 15 is 0 Å². The largest absolute Gasteiger partial charge is 0.497 e. The van der Waals surface area contributed by atoms with Gasteiger partial charge in [0.15, 0.2) is 0 Å². The average Bonchev–Trinajstić information content (AvgIpc) is 3.11. The minimum atomic E-state index is -4.42. The number of alkyl halides is 3. The Labute approximate surface area is 155 Å². The first kappa shape index (κ1) is 19.2. The number of halogens is 3. The van der Waals surface area contributed by atoms with E-state index in [9.17, 15) is 23.1 Å². The molecule has 27 heavy (non-hydrogen) atoms. The first-order valence-electron chi connectivity index (χ1n) is 8.61. The molecule has 0 bridgehead atoms. The molecular formula is C20H20F3NO3. The quantitative estimate of drug-likeness (QED) is 0.839. The maximum Gasteiger partial charge on any atom is 0.416 e. The molecule has 144 valence electrons. The molecule has 1 aliphatic rings. The van der Waals surface area contributed by atoms with Crippen LogP contribution in [0.1, 0.15) is 35.6 Å². The highest BCUT2D eigenvalue weighted by atomic mass is 19.4. The molecule has 0 amide bonds. The molecule has 2 atom stereocenters. The standard InChI is InChI=1S/C20H20F3NO3/c1-27-16-5-2-4-14(12-16)18(24-11-3-6-17(24)19(25)26)13-7-9-15(10-8-13)20(21,22)23/h2,4-5,7-10,12,17-18H,3,6,11H2,1H3,(H,25,26). The third kappa shape index (κ3) is 4.08. The molecule has 0 radical (unpaired) electrons. The second kappa shape index (κ2) is 7.60. The summed E-state index contributed by atoms with van der Waals surface area (Å²) in [6.45, 7) is 0.555. The molecule has 1 heterocycles. The number of ether oxygens (including phenoxy) is 1. The van der Waals surface area contributed by atoms with E-state index in [4.69, 9.17) is 4.74 Å². The van der Waals surface area contributed by atoms with Crippen LogP contribution in [0.2, 0.25) is 0 Å². The van der Waals surface area contributed by atoms with Gasteiger partial charge in [-0.3, -0.25) is 9.69 Å². The van der Waals surface area contributed by atoms with Crippen LogP contribution >= 0.6 is 0 Å². The Morgan fingerprint density at radius 2 is 1.89 bits per heavy atom. The number of hydrogen-bond donors (Lipinski definition) is 1. The molecular weight excluding hydrogens is 359 g/mol.